The minimum atomic E-state index is 0.736. The molecule has 0 fully saturated rings. The molecule has 19 heavy (non-hydrogen) atoms. The van der Waals surface area contributed by atoms with Gasteiger partial charge in [0.2, 0.25) is 0 Å². The standard InChI is InChI=1S/C18H38O/c1-6-7-14-19-15-18(5)13-9-12-17(4)11-8-10-16(2)3/h16-18H,6-15H2,1-5H3. The first-order chi connectivity index (χ1) is 9.06. The molecule has 0 saturated heterocycles. The Labute approximate surface area is 122 Å². The van der Waals surface area contributed by atoms with Crippen LogP contribution in [0.15, 0.2) is 0 Å². The van der Waals surface area contributed by atoms with Crippen LogP contribution < -0.4 is 0 Å². The van der Waals surface area contributed by atoms with Gasteiger partial charge in [-0.25, -0.2) is 0 Å². The molecule has 0 aliphatic rings. The third-order valence-corrected chi connectivity index (χ3v) is 3.92. The Hall–Kier alpha value is -0.0400. The predicted molar refractivity (Wildman–Crippen MR) is 86.6 cm³/mol. The van der Waals surface area contributed by atoms with E-state index in [0.29, 0.717) is 0 Å². The van der Waals surface area contributed by atoms with E-state index in [1.54, 1.807) is 0 Å². The van der Waals surface area contributed by atoms with Crippen molar-refractivity contribution in [1.29, 1.82) is 0 Å². The molecule has 0 saturated carbocycles. The first kappa shape index (κ1) is 19.0. The van der Waals surface area contributed by atoms with Gasteiger partial charge in [-0.1, -0.05) is 73.1 Å². The lowest BCUT2D eigenvalue weighted by molar-refractivity contribution is 0.0983. The van der Waals surface area contributed by atoms with Crippen molar-refractivity contribution < 1.29 is 4.74 Å². The zero-order chi connectivity index (χ0) is 14.5. The van der Waals surface area contributed by atoms with E-state index in [4.69, 9.17) is 4.74 Å². The summed E-state index contributed by atoms with van der Waals surface area (Å²) in [6.07, 6.45) is 10.8. The Kier molecular flexibility index (Phi) is 12.9. The van der Waals surface area contributed by atoms with Gasteiger partial charge in [0.05, 0.1) is 0 Å². The normalized spacial score (nSPS) is 14.8. The monoisotopic (exact) mass is 270 g/mol. The first-order valence-corrected chi connectivity index (χ1v) is 8.64. The van der Waals surface area contributed by atoms with E-state index in [0.717, 1.165) is 31.0 Å². The summed E-state index contributed by atoms with van der Waals surface area (Å²) in [5.41, 5.74) is 0. The fourth-order valence-electron chi connectivity index (χ4n) is 2.45. The van der Waals surface area contributed by atoms with Gasteiger partial charge >= 0.3 is 0 Å². The lowest BCUT2D eigenvalue weighted by Gasteiger charge is -2.15. The van der Waals surface area contributed by atoms with Crippen LogP contribution in [0.1, 0.15) is 86.0 Å². The maximum absolute atomic E-state index is 5.68. The van der Waals surface area contributed by atoms with Gasteiger partial charge in [-0.3, -0.25) is 0 Å². The highest BCUT2D eigenvalue weighted by Gasteiger charge is 2.06. The van der Waals surface area contributed by atoms with Crippen LogP contribution in [0.25, 0.3) is 0 Å². The van der Waals surface area contributed by atoms with E-state index in [9.17, 15) is 0 Å². The Balaban J connectivity index is 3.35. The molecule has 116 valence electrons. The number of hydrogen-bond acceptors (Lipinski definition) is 1. The van der Waals surface area contributed by atoms with E-state index in [1.165, 1.54) is 51.4 Å². The summed E-state index contributed by atoms with van der Waals surface area (Å²) >= 11 is 0. The number of ether oxygens (including phenoxy) is 1. The van der Waals surface area contributed by atoms with E-state index < -0.39 is 0 Å². The topological polar surface area (TPSA) is 9.23 Å². The van der Waals surface area contributed by atoms with Crippen LogP contribution in [0.4, 0.5) is 0 Å². The second kappa shape index (κ2) is 13.0. The summed E-state index contributed by atoms with van der Waals surface area (Å²) in [6, 6.07) is 0. The molecule has 1 nitrogen and oxygen atoms in total. The molecule has 0 rings (SSSR count). The van der Waals surface area contributed by atoms with Crippen LogP contribution in [0.5, 0.6) is 0 Å². The van der Waals surface area contributed by atoms with E-state index in [1.807, 2.05) is 0 Å². The highest BCUT2D eigenvalue weighted by atomic mass is 16.5. The van der Waals surface area contributed by atoms with Crippen molar-refractivity contribution in [1.82, 2.24) is 0 Å². The average Bonchev–Trinajstić information content (AvgIpc) is 2.34. The molecular weight excluding hydrogens is 232 g/mol. The van der Waals surface area contributed by atoms with Crippen molar-refractivity contribution in [3.63, 3.8) is 0 Å². The molecule has 2 atom stereocenters. The van der Waals surface area contributed by atoms with Crippen LogP contribution in [-0.4, -0.2) is 13.2 Å². The number of hydrogen-bond donors (Lipinski definition) is 0. The van der Waals surface area contributed by atoms with Crippen molar-refractivity contribution in [2.45, 2.75) is 86.0 Å². The molecule has 0 radical (unpaired) electrons. The highest BCUT2D eigenvalue weighted by molar-refractivity contribution is 4.58. The number of rotatable bonds is 13. The van der Waals surface area contributed by atoms with Crippen LogP contribution in [0.3, 0.4) is 0 Å². The van der Waals surface area contributed by atoms with Gasteiger partial charge in [0, 0.05) is 13.2 Å². The Morgan fingerprint density at radius 3 is 1.89 bits per heavy atom. The first-order valence-electron chi connectivity index (χ1n) is 8.64. The molecular formula is C18H38O. The SMILES string of the molecule is CCCCOCC(C)CCCC(C)CCCC(C)C. The molecule has 2 unspecified atom stereocenters. The Morgan fingerprint density at radius 2 is 1.32 bits per heavy atom. The van der Waals surface area contributed by atoms with Crippen LogP contribution in [0, 0.1) is 17.8 Å². The summed E-state index contributed by atoms with van der Waals surface area (Å²) in [7, 11) is 0. The number of unbranched alkanes of at least 4 members (excludes halogenated alkanes) is 1. The molecule has 1 heteroatoms. The van der Waals surface area contributed by atoms with Gasteiger partial charge < -0.3 is 4.74 Å². The zero-order valence-corrected chi connectivity index (χ0v) is 14.2. The summed E-state index contributed by atoms with van der Waals surface area (Å²) in [6.45, 7) is 13.5. The molecule has 0 heterocycles. The molecule has 0 spiro atoms. The molecule has 0 bridgehead atoms. The van der Waals surface area contributed by atoms with Crippen LogP contribution >= 0.6 is 0 Å². The van der Waals surface area contributed by atoms with Gasteiger partial charge in [-0.05, 0) is 30.6 Å². The van der Waals surface area contributed by atoms with Crippen molar-refractivity contribution in [3.05, 3.63) is 0 Å². The highest BCUT2D eigenvalue weighted by Crippen LogP contribution is 2.19. The summed E-state index contributed by atoms with van der Waals surface area (Å²) in [4.78, 5) is 0. The van der Waals surface area contributed by atoms with Gasteiger partial charge in [0.25, 0.3) is 0 Å². The van der Waals surface area contributed by atoms with Gasteiger partial charge in [-0.2, -0.15) is 0 Å². The summed E-state index contributed by atoms with van der Waals surface area (Å²) in [5.74, 6) is 2.51. The lowest BCUT2D eigenvalue weighted by Crippen LogP contribution is -2.07. The van der Waals surface area contributed by atoms with Crippen molar-refractivity contribution in [2.24, 2.45) is 17.8 Å². The fraction of sp³-hybridized carbons (Fsp3) is 1.00. The van der Waals surface area contributed by atoms with Gasteiger partial charge in [0.15, 0.2) is 0 Å². The van der Waals surface area contributed by atoms with E-state index in [-0.39, 0.29) is 0 Å². The van der Waals surface area contributed by atoms with Crippen LogP contribution in [0.2, 0.25) is 0 Å². The van der Waals surface area contributed by atoms with Gasteiger partial charge in [0.1, 0.15) is 0 Å². The second-order valence-corrected chi connectivity index (χ2v) is 6.89. The minimum absolute atomic E-state index is 0.736. The van der Waals surface area contributed by atoms with Crippen LogP contribution in [-0.2, 0) is 4.74 Å². The maximum Gasteiger partial charge on any atom is 0.0491 e. The molecule has 0 aromatic carbocycles. The third-order valence-electron chi connectivity index (χ3n) is 3.92. The molecule has 0 amide bonds. The van der Waals surface area contributed by atoms with Crippen molar-refractivity contribution in [2.75, 3.05) is 13.2 Å². The van der Waals surface area contributed by atoms with Gasteiger partial charge in [-0.15, -0.1) is 0 Å². The second-order valence-electron chi connectivity index (χ2n) is 6.89. The Morgan fingerprint density at radius 1 is 0.737 bits per heavy atom. The quantitative estimate of drug-likeness (QED) is 0.369. The molecule has 0 aromatic rings. The molecule has 0 aromatic heterocycles. The van der Waals surface area contributed by atoms with E-state index >= 15 is 0 Å². The predicted octanol–water partition coefficient (Wildman–Crippen LogP) is 6.07. The van der Waals surface area contributed by atoms with Crippen molar-refractivity contribution >= 4 is 0 Å². The average molecular weight is 271 g/mol. The molecule has 0 aliphatic heterocycles. The minimum Gasteiger partial charge on any atom is -0.381 e. The van der Waals surface area contributed by atoms with E-state index in [2.05, 4.69) is 34.6 Å². The zero-order valence-electron chi connectivity index (χ0n) is 14.2. The van der Waals surface area contributed by atoms with Crippen molar-refractivity contribution in [3.8, 4) is 0 Å². The molecule has 0 aliphatic carbocycles. The fourth-order valence-corrected chi connectivity index (χ4v) is 2.45. The molecule has 0 N–H and O–H groups in total. The smallest absolute Gasteiger partial charge is 0.0491 e. The maximum atomic E-state index is 5.68. The lowest BCUT2D eigenvalue weighted by atomic mass is 9.94. The largest absolute Gasteiger partial charge is 0.381 e. The third kappa shape index (κ3) is 14.2. The summed E-state index contributed by atoms with van der Waals surface area (Å²) in [5, 5.41) is 0. The Bertz CT molecular complexity index is 177. The summed E-state index contributed by atoms with van der Waals surface area (Å²) < 4.78 is 5.68.